The Hall–Kier alpha value is -1.89. The molecule has 0 saturated heterocycles. The molecule has 0 spiro atoms. The first kappa shape index (κ1) is 16.0. The van der Waals surface area contributed by atoms with Gasteiger partial charge in [-0.15, -0.1) is 0 Å². The summed E-state index contributed by atoms with van der Waals surface area (Å²) in [7, 11) is 0. The van der Waals surface area contributed by atoms with E-state index in [2.05, 4.69) is 9.97 Å². The molecule has 6 nitrogen and oxygen atoms in total. The van der Waals surface area contributed by atoms with Crippen molar-refractivity contribution in [1.29, 1.82) is 0 Å². The van der Waals surface area contributed by atoms with E-state index in [9.17, 15) is 9.59 Å². The van der Waals surface area contributed by atoms with E-state index in [1.165, 1.54) is 11.8 Å². The molecule has 0 unspecified atom stereocenters. The molecule has 23 heavy (non-hydrogen) atoms. The molecule has 0 atom stereocenters. The molecule has 0 radical (unpaired) electrons. The number of carbonyl (C=O) groups is 1. The summed E-state index contributed by atoms with van der Waals surface area (Å²) in [5.74, 6) is -0.583. The maximum absolute atomic E-state index is 12.9. The highest BCUT2D eigenvalue weighted by Crippen LogP contribution is 2.30. The third-order valence-electron chi connectivity index (χ3n) is 4.12. The molecule has 0 N–H and O–H groups in total. The first-order chi connectivity index (χ1) is 11.2. The highest BCUT2D eigenvalue weighted by Gasteiger charge is 2.25. The van der Waals surface area contributed by atoms with Gasteiger partial charge in [0.05, 0.1) is 6.61 Å². The van der Waals surface area contributed by atoms with Gasteiger partial charge in [0.1, 0.15) is 11.2 Å². The Balaban J connectivity index is 2.26. The van der Waals surface area contributed by atoms with E-state index in [0.717, 1.165) is 25.7 Å². The maximum Gasteiger partial charge on any atom is 0.343 e. The smallest absolute Gasteiger partial charge is 0.343 e. The van der Waals surface area contributed by atoms with Gasteiger partial charge in [-0.25, -0.2) is 14.8 Å². The summed E-state index contributed by atoms with van der Waals surface area (Å²) in [4.78, 5) is 33.8. The van der Waals surface area contributed by atoms with Gasteiger partial charge in [-0.3, -0.25) is 9.36 Å². The van der Waals surface area contributed by atoms with Gasteiger partial charge in [0.2, 0.25) is 0 Å². The molecule has 0 aromatic carbocycles. The van der Waals surface area contributed by atoms with Crippen LogP contribution in [0.4, 0.5) is 0 Å². The number of nitrogens with zero attached hydrogens (tertiary/aromatic N) is 3. The van der Waals surface area contributed by atoms with Crippen LogP contribution in [0.15, 0.2) is 22.2 Å². The average Bonchev–Trinajstić information content (AvgIpc) is 3.07. The number of carbonyl (C=O) groups excluding carboxylic acids is 1. The molecule has 1 saturated carbocycles. The number of ether oxygens (including phenoxy) is 1. The van der Waals surface area contributed by atoms with Gasteiger partial charge in [0.15, 0.2) is 5.16 Å². The molecule has 1 aliphatic carbocycles. The van der Waals surface area contributed by atoms with Crippen molar-refractivity contribution in [3.63, 3.8) is 0 Å². The van der Waals surface area contributed by atoms with Gasteiger partial charge in [-0.1, -0.05) is 24.6 Å². The van der Waals surface area contributed by atoms with Crippen LogP contribution in [0.3, 0.4) is 0 Å². The highest BCUT2D eigenvalue weighted by molar-refractivity contribution is 7.98. The Labute approximate surface area is 138 Å². The van der Waals surface area contributed by atoms with Gasteiger partial charge in [0.25, 0.3) is 5.56 Å². The van der Waals surface area contributed by atoms with Gasteiger partial charge < -0.3 is 4.74 Å². The van der Waals surface area contributed by atoms with Crippen LogP contribution in [0.2, 0.25) is 0 Å². The molecule has 2 heterocycles. The molecular formula is C16H19N3O3S. The monoisotopic (exact) mass is 333 g/mol. The zero-order valence-corrected chi connectivity index (χ0v) is 14.1. The van der Waals surface area contributed by atoms with E-state index in [1.807, 2.05) is 6.26 Å². The number of hydrogen-bond donors (Lipinski definition) is 0. The predicted molar refractivity (Wildman–Crippen MR) is 89.0 cm³/mol. The number of thioether (sulfide) groups is 1. The van der Waals surface area contributed by atoms with E-state index >= 15 is 0 Å². The summed E-state index contributed by atoms with van der Waals surface area (Å²) in [5, 5.41) is 1.31. The van der Waals surface area contributed by atoms with E-state index < -0.39 is 5.97 Å². The number of pyridine rings is 1. The molecule has 0 amide bonds. The van der Waals surface area contributed by atoms with Crippen LogP contribution in [0.1, 0.15) is 49.0 Å². The second kappa shape index (κ2) is 6.70. The Morgan fingerprint density at radius 1 is 1.43 bits per heavy atom. The van der Waals surface area contributed by atoms with E-state index in [0.29, 0.717) is 16.2 Å². The van der Waals surface area contributed by atoms with Crippen molar-refractivity contribution in [3.05, 3.63) is 28.2 Å². The fraction of sp³-hybridized carbons (Fsp3) is 0.500. The number of fused-ring (bicyclic) bond motifs is 1. The summed E-state index contributed by atoms with van der Waals surface area (Å²) in [6, 6.07) is 1.63. The van der Waals surface area contributed by atoms with Crippen LogP contribution in [0.5, 0.6) is 0 Å². The first-order valence-corrected chi connectivity index (χ1v) is 9.01. The second-order valence-electron chi connectivity index (χ2n) is 5.53. The van der Waals surface area contributed by atoms with Crippen LogP contribution >= 0.6 is 11.8 Å². The van der Waals surface area contributed by atoms with E-state index in [-0.39, 0.29) is 23.8 Å². The van der Waals surface area contributed by atoms with Crippen LogP contribution in [0.25, 0.3) is 11.0 Å². The highest BCUT2D eigenvalue weighted by atomic mass is 32.2. The largest absolute Gasteiger partial charge is 0.462 e. The lowest BCUT2D eigenvalue weighted by Crippen LogP contribution is -2.30. The van der Waals surface area contributed by atoms with Crippen LogP contribution in [-0.2, 0) is 4.74 Å². The quantitative estimate of drug-likeness (QED) is 0.486. The molecule has 3 rings (SSSR count). The van der Waals surface area contributed by atoms with Gasteiger partial charge in [0, 0.05) is 17.6 Å². The summed E-state index contributed by atoms with van der Waals surface area (Å²) in [5.41, 5.74) is 0.356. The van der Waals surface area contributed by atoms with Crippen LogP contribution < -0.4 is 5.56 Å². The lowest BCUT2D eigenvalue weighted by molar-refractivity contribution is 0.0523. The second-order valence-corrected chi connectivity index (χ2v) is 6.30. The molecule has 2 aromatic rings. The average molecular weight is 333 g/mol. The molecule has 0 bridgehead atoms. The number of aromatic nitrogens is 3. The van der Waals surface area contributed by atoms with Crippen LogP contribution in [0, 0.1) is 0 Å². The molecule has 1 fully saturated rings. The molecule has 7 heteroatoms. The molecule has 2 aromatic heterocycles. The Morgan fingerprint density at radius 3 is 2.83 bits per heavy atom. The fourth-order valence-corrected chi connectivity index (χ4v) is 3.39. The lowest BCUT2D eigenvalue weighted by Gasteiger charge is -2.17. The minimum absolute atomic E-state index is 0.0618. The molecule has 122 valence electrons. The molecule has 0 aliphatic heterocycles. The molecular weight excluding hydrogens is 314 g/mol. The van der Waals surface area contributed by atoms with Crippen molar-refractivity contribution in [2.24, 2.45) is 0 Å². The fourth-order valence-electron chi connectivity index (χ4n) is 3.06. The minimum Gasteiger partial charge on any atom is -0.462 e. The van der Waals surface area contributed by atoms with Crippen molar-refractivity contribution in [3.8, 4) is 0 Å². The standard InChI is InChI=1S/C16H19N3O3S/c1-3-22-15(21)12-8-10-9-17-16(23-2)18-13(10)19(14(12)20)11-6-4-5-7-11/h8-9,11H,3-7H2,1-2H3. The van der Waals surface area contributed by atoms with E-state index in [1.54, 1.807) is 23.8 Å². The number of hydrogen-bond acceptors (Lipinski definition) is 6. The predicted octanol–water partition coefficient (Wildman–Crippen LogP) is 2.81. The molecule has 1 aliphatic rings. The Bertz CT molecular complexity index is 797. The summed E-state index contributed by atoms with van der Waals surface area (Å²) >= 11 is 1.43. The van der Waals surface area contributed by atoms with Crippen LogP contribution in [-0.4, -0.2) is 33.4 Å². The zero-order chi connectivity index (χ0) is 16.4. The topological polar surface area (TPSA) is 74.1 Å². The normalized spacial score (nSPS) is 15.2. The van der Waals surface area contributed by atoms with Crippen molar-refractivity contribution in [2.75, 3.05) is 12.9 Å². The van der Waals surface area contributed by atoms with Crippen molar-refractivity contribution >= 4 is 28.8 Å². The van der Waals surface area contributed by atoms with Gasteiger partial charge in [-0.05, 0) is 32.1 Å². The third-order valence-corrected chi connectivity index (χ3v) is 4.68. The SMILES string of the molecule is CCOC(=O)c1cc2cnc(SC)nc2n(C2CCCC2)c1=O. The number of rotatable bonds is 4. The van der Waals surface area contributed by atoms with E-state index in [4.69, 9.17) is 4.74 Å². The van der Waals surface area contributed by atoms with Crippen molar-refractivity contribution in [1.82, 2.24) is 14.5 Å². The summed E-state index contributed by atoms with van der Waals surface area (Å²) in [6.45, 7) is 1.96. The van der Waals surface area contributed by atoms with Gasteiger partial charge in [-0.2, -0.15) is 0 Å². The summed E-state index contributed by atoms with van der Waals surface area (Å²) < 4.78 is 6.70. The zero-order valence-electron chi connectivity index (χ0n) is 13.2. The van der Waals surface area contributed by atoms with Crippen molar-refractivity contribution < 1.29 is 9.53 Å². The van der Waals surface area contributed by atoms with Gasteiger partial charge >= 0.3 is 5.97 Å². The minimum atomic E-state index is -0.583. The first-order valence-electron chi connectivity index (χ1n) is 7.79. The van der Waals surface area contributed by atoms with Crippen molar-refractivity contribution in [2.45, 2.75) is 43.8 Å². The third kappa shape index (κ3) is 2.97. The summed E-state index contributed by atoms with van der Waals surface area (Å²) in [6.07, 6.45) is 7.60. The maximum atomic E-state index is 12.9. The number of esters is 1. The Kier molecular flexibility index (Phi) is 4.66. The Morgan fingerprint density at radius 2 is 2.17 bits per heavy atom. The lowest BCUT2D eigenvalue weighted by atomic mass is 10.1.